The van der Waals surface area contributed by atoms with Gasteiger partial charge in [-0.15, -0.1) is 0 Å². The van der Waals surface area contributed by atoms with Crippen molar-refractivity contribution in [1.82, 2.24) is 5.32 Å². The molecule has 0 aromatic rings. The highest BCUT2D eigenvalue weighted by Gasteiger charge is 2.47. The van der Waals surface area contributed by atoms with E-state index in [9.17, 15) is 35.1 Å². The zero-order valence-corrected chi connectivity index (χ0v) is 53.7. The first-order valence-electron chi connectivity index (χ1n) is 34.0. The fraction of sp³-hybridized carbons (Fsp3) is 0.676. The summed E-state index contributed by atoms with van der Waals surface area (Å²) in [5.41, 5.74) is 0. The number of hydrogen-bond acceptors (Lipinski definition) is 10. The van der Waals surface area contributed by atoms with Crippen LogP contribution in [0.4, 0.5) is 0 Å². The molecule has 1 saturated heterocycles. The lowest BCUT2D eigenvalue weighted by atomic mass is 9.99. The number of ether oxygens (including phenoxy) is 3. The van der Waals surface area contributed by atoms with E-state index in [0.717, 1.165) is 135 Å². The van der Waals surface area contributed by atoms with E-state index >= 15 is 0 Å². The summed E-state index contributed by atoms with van der Waals surface area (Å²) in [5, 5.41) is 57.2. The third-order valence-electron chi connectivity index (χ3n) is 15.0. The quantitative estimate of drug-likeness (QED) is 0.0195. The topological polar surface area (TPSA) is 175 Å². The molecular formula is C74H123NO10. The zero-order valence-electron chi connectivity index (χ0n) is 53.7. The minimum atomic E-state index is -1.64. The lowest BCUT2D eigenvalue weighted by molar-refractivity contribution is -0.305. The van der Waals surface area contributed by atoms with Crippen molar-refractivity contribution >= 4 is 11.9 Å². The van der Waals surface area contributed by atoms with Gasteiger partial charge in [-0.05, 0) is 122 Å². The Morgan fingerprint density at radius 3 is 1.29 bits per heavy atom. The smallest absolute Gasteiger partial charge is 0.306 e. The molecule has 0 saturated carbocycles. The molecule has 0 radical (unpaired) electrons. The van der Waals surface area contributed by atoms with Crippen LogP contribution in [-0.2, 0) is 23.8 Å². The van der Waals surface area contributed by atoms with E-state index in [0.29, 0.717) is 12.8 Å². The normalized spacial score (nSPS) is 19.3. The highest BCUT2D eigenvalue weighted by molar-refractivity contribution is 5.80. The molecular weight excluding hydrogens is 1060 g/mol. The Bertz CT molecular complexity index is 1890. The predicted octanol–water partition coefficient (Wildman–Crippen LogP) is 17.2. The highest BCUT2D eigenvalue weighted by atomic mass is 16.7. The summed E-state index contributed by atoms with van der Waals surface area (Å²) < 4.78 is 17.6. The second-order valence-electron chi connectivity index (χ2n) is 22.8. The molecule has 6 N–H and O–H groups in total. The van der Waals surface area contributed by atoms with Crippen molar-refractivity contribution in [2.24, 2.45) is 0 Å². The molecule has 0 bridgehead atoms. The predicted molar refractivity (Wildman–Crippen MR) is 356 cm³/mol. The average Bonchev–Trinajstić information content (AvgIpc) is 2.49. The van der Waals surface area contributed by atoms with Crippen molar-refractivity contribution in [2.45, 2.75) is 307 Å². The first-order chi connectivity index (χ1) is 41.7. The first-order valence-corrected chi connectivity index (χ1v) is 34.0. The van der Waals surface area contributed by atoms with Crippen LogP contribution in [0.3, 0.4) is 0 Å². The second-order valence-corrected chi connectivity index (χ2v) is 22.8. The molecule has 1 aliphatic rings. The third-order valence-corrected chi connectivity index (χ3v) is 15.0. The van der Waals surface area contributed by atoms with Crippen molar-refractivity contribution in [3.63, 3.8) is 0 Å². The summed E-state index contributed by atoms with van der Waals surface area (Å²) in [7, 11) is 0. The van der Waals surface area contributed by atoms with Crippen molar-refractivity contribution < 1.29 is 49.3 Å². The number of aliphatic hydroxyl groups is 5. The number of aliphatic hydroxyl groups excluding tert-OH is 5. The Morgan fingerprint density at radius 1 is 0.471 bits per heavy atom. The van der Waals surface area contributed by atoms with E-state index in [-0.39, 0.29) is 19.4 Å². The fourth-order valence-corrected chi connectivity index (χ4v) is 9.70. The lowest BCUT2D eigenvalue weighted by Gasteiger charge is -2.41. The maximum atomic E-state index is 13.5. The molecule has 1 amide bonds. The Balaban J connectivity index is 2.68. The molecule has 85 heavy (non-hydrogen) atoms. The van der Waals surface area contributed by atoms with E-state index in [4.69, 9.17) is 14.2 Å². The van der Waals surface area contributed by atoms with Gasteiger partial charge < -0.3 is 45.1 Å². The van der Waals surface area contributed by atoms with Crippen LogP contribution in [0.1, 0.15) is 258 Å². The van der Waals surface area contributed by atoms with Gasteiger partial charge in [0.25, 0.3) is 0 Å². The second kappa shape index (κ2) is 60.1. The van der Waals surface area contributed by atoms with Gasteiger partial charge in [-0.25, -0.2) is 0 Å². The minimum absolute atomic E-state index is 0.0833. The van der Waals surface area contributed by atoms with Gasteiger partial charge in [0.2, 0.25) is 5.91 Å². The van der Waals surface area contributed by atoms with Gasteiger partial charge in [0.15, 0.2) is 12.4 Å². The Hall–Kier alpha value is -4.20. The van der Waals surface area contributed by atoms with Crippen molar-refractivity contribution in [3.8, 4) is 0 Å². The Kier molecular flexibility index (Phi) is 55.7. The van der Waals surface area contributed by atoms with Gasteiger partial charge >= 0.3 is 5.97 Å². The number of carbonyl (C=O) groups excluding carboxylic acids is 2. The van der Waals surface area contributed by atoms with Crippen LogP contribution in [-0.4, -0.2) is 99.6 Å². The number of esters is 1. The van der Waals surface area contributed by atoms with Gasteiger partial charge in [-0.3, -0.25) is 9.59 Å². The molecule has 484 valence electrons. The number of rotatable bonds is 56. The van der Waals surface area contributed by atoms with Crippen molar-refractivity contribution in [3.05, 3.63) is 134 Å². The molecule has 0 aromatic heterocycles. The number of carbonyl (C=O) groups is 2. The Morgan fingerprint density at radius 2 is 0.847 bits per heavy atom. The molecule has 11 nitrogen and oxygen atoms in total. The molecule has 8 unspecified atom stereocenters. The number of hydrogen-bond donors (Lipinski definition) is 6. The zero-order chi connectivity index (χ0) is 61.7. The van der Waals surface area contributed by atoms with E-state index in [1.165, 1.54) is 77.0 Å². The number of nitrogens with one attached hydrogen (secondary N) is 1. The number of unbranched alkanes of at least 4 members (excludes halogenated alkanes) is 22. The average molecular weight is 1190 g/mol. The van der Waals surface area contributed by atoms with Crippen LogP contribution in [0.2, 0.25) is 0 Å². The summed E-state index contributed by atoms with van der Waals surface area (Å²) in [6.07, 6.45) is 74.7. The van der Waals surface area contributed by atoms with Crippen LogP contribution < -0.4 is 5.32 Å². The van der Waals surface area contributed by atoms with Crippen molar-refractivity contribution in [1.29, 1.82) is 0 Å². The lowest BCUT2D eigenvalue weighted by Crippen LogP contribution is -2.61. The maximum Gasteiger partial charge on any atom is 0.306 e. The van der Waals surface area contributed by atoms with Crippen molar-refractivity contribution in [2.75, 3.05) is 13.2 Å². The van der Waals surface area contributed by atoms with Gasteiger partial charge in [-0.1, -0.05) is 264 Å². The number of allylic oxidation sites excluding steroid dienone is 21. The minimum Gasteiger partial charge on any atom is -0.454 e. The van der Waals surface area contributed by atoms with Crippen LogP contribution in [0, 0.1) is 0 Å². The van der Waals surface area contributed by atoms with Gasteiger partial charge in [0.1, 0.15) is 24.4 Å². The van der Waals surface area contributed by atoms with Crippen LogP contribution >= 0.6 is 0 Å². The summed E-state index contributed by atoms with van der Waals surface area (Å²) in [4.78, 5) is 26.6. The molecule has 11 heteroatoms. The molecule has 1 aliphatic heterocycles. The molecule has 0 aliphatic carbocycles. The monoisotopic (exact) mass is 1190 g/mol. The molecule has 1 heterocycles. The van der Waals surface area contributed by atoms with Gasteiger partial charge in [0, 0.05) is 6.42 Å². The summed E-state index contributed by atoms with van der Waals surface area (Å²) >= 11 is 0. The summed E-state index contributed by atoms with van der Waals surface area (Å²) in [5.74, 6) is -1.25. The SMILES string of the molecule is CC/C=C\C/C=C\C/C=C\C/C=C\C/C=C\C/C=C\CCCCCCC(=O)OC1C(OCC(NC(=O)C(O)CCCCCC/C=C\C/C=C\C/C=C\C/C=C\CCCCC)C(O)/C=C/CCCCCCCCCCCCC)OC(CO)C(O)C1O. The summed E-state index contributed by atoms with van der Waals surface area (Å²) in [6.45, 7) is 5.63. The summed E-state index contributed by atoms with van der Waals surface area (Å²) in [6, 6.07) is -1.05. The van der Waals surface area contributed by atoms with E-state index < -0.39 is 67.4 Å². The molecule has 1 fully saturated rings. The van der Waals surface area contributed by atoms with Crippen LogP contribution in [0.5, 0.6) is 0 Å². The molecule has 8 atom stereocenters. The standard InChI is InChI=1S/C74H123NO10/c1-4-7-10-13-16-19-22-25-27-29-31-33-34-35-37-39-41-44-47-50-53-56-59-62-69(79)85-72-71(81)70(80)68(63-76)84-74(72)83-64-65(66(77)60-57-54-51-48-45-42-24-21-18-15-12-9-6-3)75-73(82)67(78)61-58-55-52-49-46-43-40-38-36-32-30-28-26-23-20-17-14-11-8-5-2/h7,10,16-17,19-20,25-28,31-33,35-37,40-41,43-44,57,60,65-68,70-72,74,76-78,80-81H,4-6,8-9,11-15,18,21-24,29-30,34,38-39,42,45-56,58-59,61-64H2,1-3H3,(H,75,82)/b10-7-,19-16-,20-17-,27-25-,28-26-,33-31-,36-32-,37-35-,43-40-,44-41-,60-57+. The van der Waals surface area contributed by atoms with E-state index in [1.807, 2.05) is 6.08 Å². The first kappa shape index (κ1) is 78.8. The van der Waals surface area contributed by atoms with Gasteiger partial charge in [0.05, 0.1) is 25.4 Å². The Labute approximate surface area is 518 Å². The highest BCUT2D eigenvalue weighted by Crippen LogP contribution is 2.26. The third kappa shape index (κ3) is 47.5. The largest absolute Gasteiger partial charge is 0.454 e. The number of amides is 1. The fourth-order valence-electron chi connectivity index (χ4n) is 9.70. The van der Waals surface area contributed by atoms with Gasteiger partial charge in [-0.2, -0.15) is 0 Å². The molecule has 0 spiro atoms. The maximum absolute atomic E-state index is 13.5. The van der Waals surface area contributed by atoms with Crippen LogP contribution in [0.25, 0.3) is 0 Å². The molecule has 1 rings (SSSR count). The van der Waals surface area contributed by atoms with Crippen LogP contribution in [0.15, 0.2) is 134 Å². The molecule has 0 aromatic carbocycles. The van der Waals surface area contributed by atoms with E-state index in [1.54, 1.807) is 6.08 Å². The van der Waals surface area contributed by atoms with E-state index in [2.05, 4.69) is 148 Å².